The average Bonchev–Trinajstić information content (AvgIpc) is 2.95. The van der Waals surface area contributed by atoms with Gasteiger partial charge in [-0.3, -0.25) is 0 Å². The molecule has 2 N–H and O–H groups in total. The molecule has 1 aromatic heterocycles. The van der Waals surface area contributed by atoms with Gasteiger partial charge in [-0.05, 0) is 19.4 Å². The summed E-state index contributed by atoms with van der Waals surface area (Å²) in [5.41, 5.74) is 0.680. The molecule has 2 aliphatic rings. The van der Waals surface area contributed by atoms with Gasteiger partial charge in [-0.15, -0.1) is 0 Å². The fourth-order valence-electron chi connectivity index (χ4n) is 3.47. The van der Waals surface area contributed by atoms with Crippen molar-refractivity contribution in [1.82, 2.24) is 25.4 Å². The van der Waals surface area contributed by atoms with E-state index in [-0.39, 0.29) is 23.9 Å². The minimum Gasteiger partial charge on any atom is -0.490 e. The molecule has 2 aliphatic heterocycles. The third-order valence-corrected chi connectivity index (χ3v) is 4.63. The van der Waals surface area contributed by atoms with Crippen molar-refractivity contribution in [1.29, 1.82) is 0 Å². The van der Waals surface area contributed by atoms with E-state index in [0.29, 0.717) is 25.1 Å². The van der Waals surface area contributed by atoms with E-state index in [9.17, 15) is 9.18 Å². The number of carbonyl (C=O) groups excluding carboxylic acids is 1. The van der Waals surface area contributed by atoms with Crippen molar-refractivity contribution in [3.63, 3.8) is 0 Å². The second-order valence-electron chi connectivity index (χ2n) is 6.46. The van der Waals surface area contributed by atoms with E-state index in [1.54, 1.807) is 12.1 Å². The molecule has 1 aromatic carbocycles. The van der Waals surface area contributed by atoms with Crippen LogP contribution >= 0.6 is 0 Å². The van der Waals surface area contributed by atoms with Gasteiger partial charge in [-0.2, -0.15) is 5.10 Å². The molecule has 2 atom stereocenters. The first-order valence-electron chi connectivity index (χ1n) is 8.48. The van der Waals surface area contributed by atoms with E-state index in [0.717, 1.165) is 24.5 Å². The summed E-state index contributed by atoms with van der Waals surface area (Å²) in [5, 5.41) is 10.3. The molecule has 1 unspecified atom stereocenters. The van der Waals surface area contributed by atoms with Gasteiger partial charge in [0.25, 0.3) is 0 Å². The number of para-hydroxylation sites is 1. The van der Waals surface area contributed by atoms with Crippen LogP contribution in [0.5, 0.6) is 5.75 Å². The Hall–Kier alpha value is -2.64. The Kier molecular flexibility index (Phi) is 4.03. The van der Waals surface area contributed by atoms with Crippen LogP contribution < -0.4 is 15.4 Å². The number of ether oxygens (including phenoxy) is 1. The van der Waals surface area contributed by atoms with Crippen LogP contribution in [0.1, 0.15) is 36.1 Å². The molecule has 0 aliphatic carbocycles. The molecule has 0 saturated heterocycles. The molecule has 8 heteroatoms. The number of nitrogens with one attached hydrogen (secondary N) is 2. The Morgan fingerprint density at radius 1 is 1.36 bits per heavy atom. The highest BCUT2D eigenvalue weighted by Crippen LogP contribution is 2.33. The fraction of sp³-hybridized carbons (Fsp3) is 0.471. The number of urea groups is 1. The molecule has 2 amide bonds. The largest absolute Gasteiger partial charge is 0.490 e. The van der Waals surface area contributed by atoms with Crippen LogP contribution in [0.2, 0.25) is 0 Å². The third-order valence-electron chi connectivity index (χ3n) is 4.63. The zero-order valence-electron chi connectivity index (χ0n) is 14.0. The molecular formula is C17H20FN5O2. The van der Waals surface area contributed by atoms with E-state index in [4.69, 9.17) is 4.74 Å². The predicted octanol–water partition coefficient (Wildman–Crippen LogP) is 1.86. The molecular weight excluding hydrogens is 325 g/mol. The standard InChI is InChI=1S/C17H20FN5O2/c1-10-19-15-6-5-11(9-23(15)22-10)20-17(24)21-14-7-8-25-16-12(14)3-2-4-13(16)18/h2-4,11,14H,5-9H2,1H3,(H2,20,21,24)/t11?,14-/m0/s1. The lowest BCUT2D eigenvalue weighted by molar-refractivity contribution is 0.213. The lowest BCUT2D eigenvalue weighted by Crippen LogP contribution is -2.47. The minimum absolute atomic E-state index is 0.000389. The summed E-state index contributed by atoms with van der Waals surface area (Å²) in [5.74, 6) is 1.55. The highest BCUT2D eigenvalue weighted by Gasteiger charge is 2.27. The first-order valence-corrected chi connectivity index (χ1v) is 8.48. The Balaban J connectivity index is 1.40. The number of amides is 2. The van der Waals surface area contributed by atoms with Gasteiger partial charge in [0.1, 0.15) is 11.6 Å². The molecule has 0 saturated carbocycles. The van der Waals surface area contributed by atoms with Crippen molar-refractivity contribution in [3.05, 3.63) is 41.2 Å². The van der Waals surface area contributed by atoms with Crippen LogP contribution in [0.25, 0.3) is 0 Å². The highest BCUT2D eigenvalue weighted by atomic mass is 19.1. The maximum Gasteiger partial charge on any atom is 0.315 e. The van der Waals surface area contributed by atoms with Gasteiger partial charge in [-0.25, -0.2) is 18.9 Å². The van der Waals surface area contributed by atoms with Crippen LogP contribution in [-0.4, -0.2) is 33.4 Å². The SMILES string of the molecule is Cc1nc2n(n1)CC(NC(=O)N[C@H]1CCOc3c(F)cccc31)CC2. The smallest absolute Gasteiger partial charge is 0.315 e. The van der Waals surface area contributed by atoms with Crippen molar-refractivity contribution in [2.45, 2.75) is 44.8 Å². The number of aryl methyl sites for hydroxylation is 2. The van der Waals surface area contributed by atoms with Crippen LogP contribution in [0.3, 0.4) is 0 Å². The van der Waals surface area contributed by atoms with Gasteiger partial charge in [0, 0.05) is 18.4 Å². The molecule has 3 heterocycles. The minimum atomic E-state index is -0.397. The Morgan fingerprint density at radius 2 is 2.24 bits per heavy atom. The number of hydrogen-bond acceptors (Lipinski definition) is 4. The highest BCUT2D eigenvalue weighted by molar-refractivity contribution is 5.75. The van der Waals surface area contributed by atoms with Gasteiger partial charge >= 0.3 is 6.03 Å². The van der Waals surface area contributed by atoms with E-state index < -0.39 is 5.82 Å². The number of fused-ring (bicyclic) bond motifs is 2. The second-order valence-corrected chi connectivity index (χ2v) is 6.46. The lowest BCUT2D eigenvalue weighted by Gasteiger charge is -2.29. The molecule has 4 rings (SSSR count). The van der Waals surface area contributed by atoms with Gasteiger partial charge in [-0.1, -0.05) is 12.1 Å². The van der Waals surface area contributed by atoms with E-state index in [1.165, 1.54) is 6.07 Å². The van der Waals surface area contributed by atoms with Crippen molar-refractivity contribution in [2.24, 2.45) is 0 Å². The second kappa shape index (κ2) is 6.34. The molecule has 2 aromatic rings. The Bertz CT molecular complexity index is 806. The van der Waals surface area contributed by atoms with Crippen molar-refractivity contribution < 1.29 is 13.9 Å². The number of rotatable bonds is 2. The first kappa shape index (κ1) is 15.9. The molecule has 132 valence electrons. The van der Waals surface area contributed by atoms with Crippen LogP contribution in [0.15, 0.2) is 18.2 Å². The van der Waals surface area contributed by atoms with Gasteiger partial charge < -0.3 is 15.4 Å². The average molecular weight is 345 g/mol. The zero-order chi connectivity index (χ0) is 17.4. The molecule has 7 nitrogen and oxygen atoms in total. The van der Waals surface area contributed by atoms with Gasteiger partial charge in [0.2, 0.25) is 0 Å². The lowest BCUT2D eigenvalue weighted by atomic mass is 10.0. The molecule has 0 fully saturated rings. The van der Waals surface area contributed by atoms with Crippen LogP contribution in [0.4, 0.5) is 9.18 Å². The quantitative estimate of drug-likeness (QED) is 0.871. The van der Waals surface area contributed by atoms with Crippen LogP contribution in [-0.2, 0) is 13.0 Å². The number of hydrogen-bond donors (Lipinski definition) is 2. The summed E-state index contributed by atoms with van der Waals surface area (Å²) in [4.78, 5) is 16.8. The van der Waals surface area contributed by atoms with Gasteiger partial charge in [0.15, 0.2) is 11.6 Å². The summed E-state index contributed by atoms with van der Waals surface area (Å²) < 4.78 is 21.1. The number of carbonyl (C=O) groups is 1. The molecule has 0 bridgehead atoms. The third kappa shape index (κ3) is 3.16. The monoisotopic (exact) mass is 345 g/mol. The zero-order valence-corrected chi connectivity index (χ0v) is 14.0. The Morgan fingerprint density at radius 3 is 3.12 bits per heavy atom. The normalized spacial score (nSPS) is 21.7. The fourth-order valence-corrected chi connectivity index (χ4v) is 3.47. The van der Waals surface area contributed by atoms with Crippen molar-refractivity contribution >= 4 is 6.03 Å². The molecule has 0 spiro atoms. The topological polar surface area (TPSA) is 81.1 Å². The van der Waals surface area contributed by atoms with E-state index in [2.05, 4.69) is 20.7 Å². The number of benzene rings is 1. The maximum absolute atomic E-state index is 13.8. The summed E-state index contributed by atoms with van der Waals surface area (Å²) in [6, 6.07) is 4.26. The maximum atomic E-state index is 13.8. The number of nitrogens with zero attached hydrogens (tertiary/aromatic N) is 3. The van der Waals surface area contributed by atoms with Crippen molar-refractivity contribution in [2.75, 3.05) is 6.61 Å². The van der Waals surface area contributed by atoms with E-state index >= 15 is 0 Å². The summed E-state index contributed by atoms with van der Waals surface area (Å²) in [6.07, 6.45) is 2.22. The number of halogens is 1. The van der Waals surface area contributed by atoms with E-state index in [1.807, 2.05) is 11.6 Å². The Labute approximate surface area is 144 Å². The molecule has 25 heavy (non-hydrogen) atoms. The van der Waals surface area contributed by atoms with Crippen molar-refractivity contribution in [3.8, 4) is 5.75 Å². The van der Waals surface area contributed by atoms with Crippen LogP contribution in [0, 0.1) is 12.7 Å². The first-order chi connectivity index (χ1) is 12.1. The predicted molar refractivity (Wildman–Crippen MR) is 87.8 cm³/mol. The number of aromatic nitrogens is 3. The summed E-state index contributed by atoms with van der Waals surface area (Å²) in [6.45, 7) is 2.86. The summed E-state index contributed by atoms with van der Waals surface area (Å²) in [7, 11) is 0. The van der Waals surface area contributed by atoms with Gasteiger partial charge in [0.05, 0.1) is 25.2 Å². The summed E-state index contributed by atoms with van der Waals surface area (Å²) >= 11 is 0. The molecule has 0 radical (unpaired) electrons.